The third-order valence-electron chi connectivity index (χ3n) is 5.17. The summed E-state index contributed by atoms with van der Waals surface area (Å²) in [5, 5.41) is 2.91. The van der Waals surface area contributed by atoms with Gasteiger partial charge in [0.2, 0.25) is 15.9 Å². The molecule has 2 aliphatic heterocycles. The van der Waals surface area contributed by atoms with Gasteiger partial charge >= 0.3 is 0 Å². The zero-order chi connectivity index (χ0) is 19.0. The highest BCUT2D eigenvalue weighted by Crippen LogP contribution is 2.36. The fourth-order valence-corrected chi connectivity index (χ4v) is 5.13. The van der Waals surface area contributed by atoms with E-state index >= 15 is 0 Å². The summed E-state index contributed by atoms with van der Waals surface area (Å²) in [7, 11) is -3.62. The summed E-state index contributed by atoms with van der Waals surface area (Å²) in [5.74, 6) is -0.0840. The van der Waals surface area contributed by atoms with Crippen molar-refractivity contribution in [2.75, 3.05) is 16.8 Å². The Bertz CT molecular complexity index is 957. The molecule has 1 fully saturated rings. The van der Waals surface area contributed by atoms with Crippen molar-refractivity contribution in [3.05, 3.63) is 54.1 Å². The van der Waals surface area contributed by atoms with Gasteiger partial charge < -0.3 is 10.2 Å². The molecule has 0 radical (unpaired) electrons. The minimum Gasteiger partial charge on any atom is -0.356 e. The van der Waals surface area contributed by atoms with E-state index in [4.69, 9.17) is 0 Å². The molecule has 0 spiro atoms. The lowest BCUT2D eigenvalue weighted by Gasteiger charge is -2.32. The maximum atomic E-state index is 12.8. The molecule has 4 rings (SSSR count). The molecule has 0 bridgehead atoms. The topological polar surface area (TPSA) is 78.5 Å². The first-order chi connectivity index (χ1) is 13.0. The Hall–Kier alpha value is -2.38. The molecule has 27 heavy (non-hydrogen) atoms. The highest BCUT2D eigenvalue weighted by molar-refractivity contribution is 7.89. The zero-order valence-corrected chi connectivity index (χ0v) is 16.0. The molecule has 2 aromatic rings. The normalized spacial score (nSPS) is 21.5. The minimum atomic E-state index is -3.62. The number of rotatable bonds is 5. The molecule has 2 N–H and O–H groups in total. The van der Waals surface area contributed by atoms with Gasteiger partial charge in [0.25, 0.3) is 0 Å². The van der Waals surface area contributed by atoms with Gasteiger partial charge in [0.05, 0.1) is 16.3 Å². The molecular formula is C20H23N3O3S. The maximum absolute atomic E-state index is 12.8. The third-order valence-corrected chi connectivity index (χ3v) is 6.71. The predicted molar refractivity (Wildman–Crippen MR) is 105 cm³/mol. The number of nitrogens with zero attached hydrogens (tertiary/aromatic N) is 1. The molecule has 2 atom stereocenters. The van der Waals surface area contributed by atoms with Gasteiger partial charge in [-0.25, -0.2) is 13.1 Å². The summed E-state index contributed by atoms with van der Waals surface area (Å²) in [6.45, 7) is 2.57. The van der Waals surface area contributed by atoms with E-state index in [1.807, 2.05) is 41.3 Å². The zero-order valence-electron chi connectivity index (χ0n) is 15.2. The van der Waals surface area contributed by atoms with Crippen LogP contribution in [0.4, 0.5) is 11.4 Å². The van der Waals surface area contributed by atoms with E-state index in [1.54, 1.807) is 12.1 Å². The van der Waals surface area contributed by atoms with Gasteiger partial charge in [-0.1, -0.05) is 37.6 Å². The number of hydrogen-bond donors (Lipinski definition) is 2. The molecule has 7 heteroatoms. The van der Waals surface area contributed by atoms with E-state index in [0.717, 1.165) is 29.8 Å². The van der Waals surface area contributed by atoms with Crippen molar-refractivity contribution in [3.8, 4) is 0 Å². The number of carbonyl (C=O) groups excluding carboxylic acids is 1. The Kier molecular flexibility index (Phi) is 4.65. The number of nitrogens with one attached hydrogen (secondary N) is 2. The second-order valence-corrected chi connectivity index (χ2v) is 8.84. The molecule has 1 amide bonds. The molecule has 2 unspecified atom stereocenters. The molecule has 0 aliphatic carbocycles. The van der Waals surface area contributed by atoms with Gasteiger partial charge in [-0.2, -0.15) is 0 Å². The lowest BCUT2D eigenvalue weighted by molar-refractivity contribution is -0.117. The minimum absolute atomic E-state index is 0.0840. The molecular weight excluding hydrogens is 362 g/mol. The van der Waals surface area contributed by atoms with E-state index in [1.165, 1.54) is 0 Å². The highest BCUT2D eigenvalue weighted by Gasteiger charge is 2.42. The van der Waals surface area contributed by atoms with Crippen LogP contribution in [0.3, 0.4) is 0 Å². The first-order valence-corrected chi connectivity index (χ1v) is 10.7. The van der Waals surface area contributed by atoms with Gasteiger partial charge in [0.1, 0.15) is 6.04 Å². The summed E-state index contributed by atoms with van der Waals surface area (Å²) in [6.07, 6.45) is 2.40. The largest absolute Gasteiger partial charge is 0.356 e. The van der Waals surface area contributed by atoms with Gasteiger partial charge in [-0.3, -0.25) is 4.79 Å². The van der Waals surface area contributed by atoms with Gasteiger partial charge in [0.15, 0.2) is 0 Å². The number of fused-ring (bicyclic) bond motifs is 3. The average molecular weight is 385 g/mol. The van der Waals surface area contributed by atoms with Crippen LogP contribution in [0.2, 0.25) is 0 Å². The van der Waals surface area contributed by atoms with Crippen molar-refractivity contribution in [2.45, 2.75) is 43.2 Å². The number of aryl methyl sites for hydroxylation is 1. The van der Waals surface area contributed by atoms with Crippen LogP contribution < -0.4 is 14.9 Å². The molecule has 2 aromatic carbocycles. The van der Waals surface area contributed by atoms with Crippen LogP contribution in [0.25, 0.3) is 0 Å². The van der Waals surface area contributed by atoms with E-state index in [9.17, 15) is 13.2 Å². The van der Waals surface area contributed by atoms with Crippen LogP contribution in [0.1, 0.15) is 25.3 Å². The summed E-state index contributed by atoms with van der Waals surface area (Å²) in [4.78, 5) is 14.6. The van der Waals surface area contributed by atoms with Crippen molar-refractivity contribution in [2.24, 2.45) is 0 Å². The molecule has 142 valence electrons. The summed E-state index contributed by atoms with van der Waals surface area (Å²) >= 11 is 0. The summed E-state index contributed by atoms with van der Waals surface area (Å²) < 4.78 is 28.3. The quantitative estimate of drug-likeness (QED) is 0.829. The molecule has 2 heterocycles. The lowest BCUT2D eigenvalue weighted by Crippen LogP contribution is -2.44. The summed E-state index contributed by atoms with van der Waals surface area (Å²) in [5.41, 5.74) is 2.84. The second-order valence-electron chi connectivity index (χ2n) is 7.12. The molecule has 1 saturated heterocycles. The van der Waals surface area contributed by atoms with Gasteiger partial charge in [-0.05, 0) is 42.7 Å². The smallest absolute Gasteiger partial charge is 0.247 e. The lowest BCUT2D eigenvalue weighted by atomic mass is 10.1. The Labute approximate surface area is 159 Å². The molecule has 0 saturated carbocycles. The monoisotopic (exact) mass is 385 g/mol. The number of sulfonamides is 1. The first kappa shape index (κ1) is 18.0. The van der Waals surface area contributed by atoms with Crippen LogP contribution in [-0.4, -0.2) is 33.0 Å². The van der Waals surface area contributed by atoms with Crippen LogP contribution in [0, 0.1) is 0 Å². The fraction of sp³-hybridized carbons (Fsp3) is 0.350. The van der Waals surface area contributed by atoms with Gasteiger partial charge in [-0.15, -0.1) is 0 Å². The van der Waals surface area contributed by atoms with Crippen LogP contribution in [0.15, 0.2) is 53.4 Å². The predicted octanol–water partition coefficient (Wildman–Crippen LogP) is 2.52. The third kappa shape index (κ3) is 3.44. The number of hydrogen-bond acceptors (Lipinski definition) is 4. The Balaban J connectivity index is 1.52. The van der Waals surface area contributed by atoms with E-state index in [0.29, 0.717) is 13.0 Å². The van der Waals surface area contributed by atoms with Crippen molar-refractivity contribution >= 4 is 27.3 Å². The number of anilines is 2. The van der Waals surface area contributed by atoms with E-state index in [-0.39, 0.29) is 22.9 Å². The van der Waals surface area contributed by atoms with E-state index < -0.39 is 10.0 Å². The number of benzene rings is 2. The highest BCUT2D eigenvalue weighted by atomic mass is 32.2. The Morgan fingerprint density at radius 2 is 1.89 bits per heavy atom. The summed E-state index contributed by atoms with van der Waals surface area (Å²) in [6, 6.07) is 14.0. The molecule has 2 aliphatic rings. The number of para-hydroxylation sites is 2. The fourth-order valence-electron chi connectivity index (χ4n) is 3.89. The number of carbonyl (C=O) groups is 1. The van der Waals surface area contributed by atoms with Crippen LogP contribution in [-0.2, 0) is 21.2 Å². The SMILES string of the molecule is CCCc1ccc(S(=O)(=O)NC2CC3C(=O)Nc4ccccc4N3C2)cc1. The standard InChI is InChI=1S/C20H23N3O3S/c1-2-5-14-8-10-16(11-9-14)27(25,26)22-15-12-19-20(24)21-17-6-3-4-7-18(17)23(19)13-15/h3-4,6-11,15,19,22H,2,5,12-13H2,1H3,(H,21,24). The molecule has 0 aromatic heterocycles. The second kappa shape index (κ2) is 6.98. The van der Waals surface area contributed by atoms with Gasteiger partial charge in [0, 0.05) is 12.6 Å². The maximum Gasteiger partial charge on any atom is 0.247 e. The van der Waals surface area contributed by atoms with Crippen molar-refractivity contribution in [1.29, 1.82) is 0 Å². The van der Waals surface area contributed by atoms with Crippen molar-refractivity contribution < 1.29 is 13.2 Å². The Morgan fingerprint density at radius 1 is 1.15 bits per heavy atom. The Morgan fingerprint density at radius 3 is 2.63 bits per heavy atom. The molecule has 6 nitrogen and oxygen atoms in total. The van der Waals surface area contributed by atoms with Crippen molar-refractivity contribution in [1.82, 2.24) is 4.72 Å². The average Bonchev–Trinajstić information content (AvgIpc) is 3.06. The van der Waals surface area contributed by atoms with Crippen molar-refractivity contribution in [3.63, 3.8) is 0 Å². The van der Waals surface area contributed by atoms with Crippen LogP contribution in [0.5, 0.6) is 0 Å². The van der Waals surface area contributed by atoms with E-state index in [2.05, 4.69) is 17.0 Å². The number of amides is 1. The van der Waals surface area contributed by atoms with Crippen LogP contribution >= 0.6 is 0 Å². The first-order valence-electron chi connectivity index (χ1n) is 9.26.